The number of rotatable bonds is 11. The van der Waals surface area contributed by atoms with Gasteiger partial charge in [0.2, 0.25) is 11.9 Å². The monoisotopic (exact) mass is 440 g/mol. The van der Waals surface area contributed by atoms with E-state index in [0.29, 0.717) is 18.3 Å². The molecule has 0 aliphatic carbocycles. The summed E-state index contributed by atoms with van der Waals surface area (Å²) in [5.74, 6) is 1.99. The average Bonchev–Trinajstić information content (AvgIpc) is 3.32. The van der Waals surface area contributed by atoms with Crippen LogP contribution < -0.4 is 10.2 Å². The van der Waals surface area contributed by atoms with Crippen molar-refractivity contribution in [3.63, 3.8) is 0 Å². The minimum absolute atomic E-state index is 0.151. The molecule has 32 heavy (non-hydrogen) atoms. The van der Waals surface area contributed by atoms with E-state index in [1.807, 2.05) is 10.8 Å². The number of unbranched alkanes of at least 4 members (excludes halogenated alkanes) is 3. The molecular formula is C25H40N6O. The van der Waals surface area contributed by atoms with Gasteiger partial charge in [-0.3, -0.25) is 9.36 Å². The number of imidazole rings is 1. The summed E-state index contributed by atoms with van der Waals surface area (Å²) in [7, 11) is 0. The molecule has 0 spiro atoms. The quantitative estimate of drug-likeness (QED) is 0.497. The third-order valence-corrected chi connectivity index (χ3v) is 6.29. The predicted molar refractivity (Wildman–Crippen MR) is 129 cm³/mol. The number of hydrogen-bond donors (Lipinski definition) is 1. The highest BCUT2D eigenvalue weighted by Crippen LogP contribution is 2.28. The van der Waals surface area contributed by atoms with Gasteiger partial charge in [-0.05, 0) is 38.5 Å². The number of amides is 1. The van der Waals surface area contributed by atoms with Crippen molar-refractivity contribution in [2.45, 2.75) is 103 Å². The zero-order valence-corrected chi connectivity index (χ0v) is 20.3. The van der Waals surface area contributed by atoms with Gasteiger partial charge < -0.3 is 10.2 Å². The maximum Gasteiger partial charge on any atom is 0.237 e. The van der Waals surface area contributed by atoms with Gasteiger partial charge in [0.15, 0.2) is 0 Å². The second kappa shape index (κ2) is 12.0. The Morgan fingerprint density at radius 2 is 2.03 bits per heavy atom. The molecule has 3 heterocycles. The smallest absolute Gasteiger partial charge is 0.237 e. The summed E-state index contributed by atoms with van der Waals surface area (Å²) >= 11 is 0. The molecule has 0 aromatic carbocycles. The average molecular weight is 441 g/mol. The summed E-state index contributed by atoms with van der Waals surface area (Å²) in [6, 6.07) is 2.50. The molecule has 2 atom stereocenters. The lowest BCUT2D eigenvalue weighted by molar-refractivity contribution is -0.122. The Kier molecular flexibility index (Phi) is 9.06. The zero-order chi connectivity index (χ0) is 22.9. The number of carbonyl (C=O) groups is 1. The fourth-order valence-corrected chi connectivity index (χ4v) is 4.39. The van der Waals surface area contributed by atoms with Crippen molar-refractivity contribution in [2.75, 3.05) is 11.4 Å². The number of nitrogens with zero attached hydrogens (tertiary/aromatic N) is 5. The van der Waals surface area contributed by atoms with E-state index in [9.17, 15) is 4.79 Å². The summed E-state index contributed by atoms with van der Waals surface area (Å²) in [6.07, 6.45) is 15.1. The number of hydrogen-bond acceptors (Lipinski definition) is 5. The molecule has 1 saturated heterocycles. The van der Waals surface area contributed by atoms with E-state index in [4.69, 9.17) is 9.97 Å². The van der Waals surface area contributed by atoms with Crippen molar-refractivity contribution in [3.8, 4) is 5.95 Å². The molecule has 176 valence electrons. The Balaban J connectivity index is 1.70. The number of anilines is 1. The largest absolute Gasteiger partial charge is 0.354 e. The van der Waals surface area contributed by atoms with Crippen molar-refractivity contribution in [2.24, 2.45) is 0 Å². The molecule has 3 rings (SSSR count). The molecule has 1 N–H and O–H groups in total. The lowest BCUT2D eigenvalue weighted by Crippen LogP contribution is -2.44. The van der Waals surface area contributed by atoms with Gasteiger partial charge in [0.05, 0.1) is 5.69 Å². The highest BCUT2D eigenvalue weighted by molar-refractivity contribution is 5.77. The summed E-state index contributed by atoms with van der Waals surface area (Å²) in [5.41, 5.74) is 1.01. The van der Waals surface area contributed by atoms with E-state index in [1.165, 1.54) is 25.7 Å². The van der Waals surface area contributed by atoms with E-state index in [0.717, 1.165) is 43.7 Å². The van der Waals surface area contributed by atoms with Crippen molar-refractivity contribution in [1.29, 1.82) is 0 Å². The highest BCUT2D eigenvalue weighted by atomic mass is 16.1. The van der Waals surface area contributed by atoms with Crippen LogP contribution in [0, 0.1) is 0 Å². The molecule has 2 unspecified atom stereocenters. The molecule has 0 radical (unpaired) electrons. The molecule has 1 aliphatic rings. The van der Waals surface area contributed by atoms with Crippen LogP contribution >= 0.6 is 0 Å². The first-order valence-electron chi connectivity index (χ1n) is 12.4. The Morgan fingerprint density at radius 1 is 1.19 bits per heavy atom. The predicted octanol–water partition coefficient (Wildman–Crippen LogP) is 5.01. The van der Waals surface area contributed by atoms with Crippen LogP contribution in [0.3, 0.4) is 0 Å². The van der Waals surface area contributed by atoms with Crippen molar-refractivity contribution in [3.05, 3.63) is 30.5 Å². The molecule has 7 heteroatoms. The Hall–Kier alpha value is -2.44. The molecule has 2 aromatic heterocycles. The van der Waals surface area contributed by atoms with Crippen LogP contribution in [0.5, 0.6) is 0 Å². The first kappa shape index (κ1) is 24.2. The van der Waals surface area contributed by atoms with Gasteiger partial charge in [-0.15, -0.1) is 0 Å². The Labute approximate surface area is 193 Å². The third kappa shape index (κ3) is 6.78. The minimum atomic E-state index is 0.151. The molecule has 1 aliphatic heterocycles. The Bertz CT molecular complexity index is 835. The van der Waals surface area contributed by atoms with Crippen molar-refractivity contribution >= 4 is 11.7 Å². The van der Waals surface area contributed by atoms with E-state index >= 15 is 0 Å². The number of aromatic nitrogens is 4. The highest BCUT2D eigenvalue weighted by Gasteiger charge is 2.27. The second-order valence-corrected chi connectivity index (χ2v) is 9.44. The van der Waals surface area contributed by atoms with Gasteiger partial charge in [0.1, 0.15) is 12.1 Å². The van der Waals surface area contributed by atoms with E-state index in [2.05, 4.69) is 49.0 Å². The van der Waals surface area contributed by atoms with Gasteiger partial charge >= 0.3 is 0 Å². The van der Waals surface area contributed by atoms with Crippen LogP contribution in [-0.2, 0) is 4.79 Å². The van der Waals surface area contributed by atoms with Crippen molar-refractivity contribution in [1.82, 2.24) is 24.8 Å². The molecule has 1 fully saturated rings. The maximum atomic E-state index is 12.8. The standard InChI is InChI=1S/C25H40N6O/c1-5-6-7-8-11-20(4)27-24(32)16-21-12-9-10-14-31(21)23-17-22(19(2)3)28-25(29-23)30-15-13-26-18-30/h13,15,17-21H,5-12,14,16H2,1-4H3,(H,27,32). The summed E-state index contributed by atoms with van der Waals surface area (Å²) in [4.78, 5) is 28.9. The first-order chi connectivity index (χ1) is 15.5. The van der Waals surface area contributed by atoms with Crippen LogP contribution in [0.15, 0.2) is 24.8 Å². The van der Waals surface area contributed by atoms with Gasteiger partial charge in [-0.25, -0.2) is 9.97 Å². The topological polar surface area (TPSA) is 75.9 Å². The minimum Gasteiger partial charge on any atom is -0.354 e. The lowest BCUT2D eigenvalue weighted by atomic mass is 9.98. The fraction of sp³-hybridized carbons (Fsp3) is 0.680. The van der Waals surface area contributed by atoms with Gasteiger partial charge in [-0.1, -0.05) is 46.5 Å². The third-order valence-electron chi connectivity index (χ3n) is 6.29. The van der Waals surface area contributed by atoms with Crippen LogP contribution in [0.1, 0.15) is 97.1 Å². The second-order valence-electron chi connectivity index (χ2n) is 9.44. The number of carbonyl (C=O) groups excluding carboxylic acids is 1. The fourth-order valence-electron chi connectivity index (χ4n) is 4.39. The van der Waals surface area contributed by atoms with E-state index in [-0.39, 0.29) is 18.0 Å². The van der Waals surface area contributed by atoms with Crippen LogP contribution in [0.2, 0.25) is 0 Å². The Morgan fingerprint density at radius 3 is 2.75 bits per heavy atom. The van der Waals surface area contributed by atoms with Gasteiger partial charge in [-0.2, -0.15) is 4.98 Å². The van der Waals surface area contributed by atoms with Crippen LogP contribution in [0.4, 0.5) is 5.82 Å². The van der Waals surface area contributed by atoms with Gasteiger partial charge in [0, 0.05) is 43.5 Å². The maximum absolute atomic E-state index is 12.8. The van der Waals surface area contributed by atoms with Crippen LogP contribution in [0.25, 0.3) is 5.95 Å². The lowest BCUT2D eigenvalue weighted by Gasteiger charge is -2.37. The molecule has 1 amide bonds. The number of piperidine rings is 1. The zero-order valence-electron chi connectivity index (χ0n) is 20.3. The van der Waals surface area contributed by atoms with Crippen LogP contribution in [-0.4, -0.2) is 44.1 Å². The summed E-state index contributed by atoms with van der Waals surface area (Å²) in [5, 5.41) is 3.23. The first-order valence-corrected chi connectivity index (χ1v) is 12.4. The molecule has 2 aromatic rings. The van der Waals surface area contributed by atoms with E-state index in [1.54, 1.807) is 12.5 Å². The SMILES string of the molecule is CCCCCCC(C)NC(=O)CC1CCCCN1c1cc(C(C)C)nc(-n2ccnc2)n1. The molecule has 0 bridgehead atoms. The normalized spacial score (nSPS) is 17.5. The molecule has 7 nitrogen and oxygen atoms in total. The summed E-state index contributed by atoms with van der Waals surface area (Å²) in [6.45, 7) is 9.56. The van der Waals surface area contributed by atoms with Gasteiger partial charge in [0.25, 0.3) is 0 Å². The van der Waals surface area contributed by atoms with E-state index < -0.39 is 0 Å². The molecule has 0 saturated carbocycles. The van der Waals surface area contributed by atoms with Crippen molar-refractivity contribution < 1.29 is 4.79 Å². The molecular weight excluding hydrogens is 400 g/mol. The number of nitrogens with one attached hydrogen (secondary N) is 1. The summed E-state index contributed by atoms with van der Waals surface area (Å²) < 4.78 is 1.85.